The third-order valence-electron chi connectivity index (χ3n) is 1.58. The Hall–Kier alpha value is -0.370. The van der Waals surface area contributed by atoms with Crippen LogP contribution in [0, 0.1) is 5.41 Å². The fourth-order valence-corrected chi connectivity index (χ4v) is 0.853. The van der Waals surface area contributed by atoms with E-state index in [0.29, 0.717) is 6.04 Å². The molecule has 0 spiro atoms. The van der Waals surface area contributed by atoms with Crippen LogP contribution >= 0.6 is 0 Å². The molecule has 0 saturated carbocycles. The van der Waals surface area contributed by atoms with Crippen molar-refractivity contribution in [3.05, 3.63) is 0 Å². The van der Waals surface area contributed by atoms with Crippen molar-refractivity contribution in [2.45, 2.75) is 46.7 Å². The lowest BCUT2D eigenvalue weighted by Crippen LogP contribution is -2.44. The maximum absolute atomic E-state index is 10.6. The first kappa shape index (κ1) is 10.6. The molecule has 0 heterocycles. The number of rotatable bonds is 3. The van der Waals surface area contributed by atoms with Crippen molar-refractivity contribution in [3.8, 4) is 0 Å². The number of carbonyl (C=O) groups excluding carboxylic acids is 1. The first-order chi connectivity index (χ1) is 4.88. The molecular formula is C9H19NO. The van der Waals surface area contributed by atoms with E-state index in [2.05, 4.69) is 26.1 Å². The first-order valence-electron chi connectivity index (χ1n) is 4.09. The minimum atomic E-state index is -0.0394. The Kier molecular flexibility index (Phi) is 3.73. The van der Waals surface area contributed by atoms with Crippen LogP contribution in [-0.4, -0.2) is 18.4 Å². The molecule has 0 rings (SSSR count). The van der Waals surface area contributed by atoms with Crippen LogP contribution in [0.5, 0.6) is 0 Å². The van der Waals surface area contributed by atoms with Crippen LogP contribution in [0.3, 0.4) is 0 Å². The molecule has 0 aliphatic heterocycles. The van der Waals surface area contributed by atoms with Crippen molar-refractivity contribution in [2.75, 3.05) is 0 Å². The van der Waals surface area contributed by atoms with Crippen molar-refractivity contribution in [1.29, 1.82) is 0 Å². The molecule has 2 heteroatoms. The molecule has 1 atom stereocenters. The Balaban J connectivity index is 4.07. The minimum absolute atomic E-state index is 0.0199. The molecule has 1 N–H and O–H groups in total. The summed E-state index contributed by atoms with van der Waals surface area (Å²) in [6.45, 7) is 10.3. The molecule has 0 radical (unpaired) electrons. The smallest absolute Gasteiger partial charge is 0.137 e. The highest BCUT2D eigenvalue weighted by Gasteiger charge is 2.23. The van der Waals surface area contributed by atoms with E-state index in [4.69, 9.17) is 0 Å². The highest BCUT2D eigenvalue weighted by atomic mass is 16.1. The Bertz CT molecular complexity index is 124. The molecule has 0 aliphatic carbocycles. The van der Waals surface area contributed by atoms with Crippen LogP contribution in [0.2, 0.25) is 0 Å². The monoisotopic (exact) mass is 157 g/mol. The van der Waals surface area contributed by atoms with Crippen LogP contribution in [0.15, 0.2) is 0 Å². The summed E-state index contributed by atoms with van der Waals surface area (Å²) in [6, 6.07) is 0.326. The average Bonchev–Trinajstić information content (AvgIpc) is 1.79. The SMILES string of the molecule is CC(C)NC(C=O)C(C)(C)C. The molecule has 0 amide bonds. The summed E-state index contributed by atoms with van der Waals surface area (Å²) in [5.41, 5.74) is 0.0199. The zero-order chi connectivity index (χ0) is 9.07. The molecule has 0 fully saturated rings. The van der Waals surface area contributed by atoms with E-state index >= 15 is 0 Å². The molecule has 0 aromatic carbocycles. The van der Waals surface area contributed by atoms with E-state index in [-0.39, 0.29) is 11.5 Å². The van der Waals surface area contributed by atoms with Gasteiger partial charge in [0.1, 0.15) is 6.29 Å². The molecule has 66 valence electrons. The maximum Gasteiger partial charge on any atom is 0.137 e. The normalized spacial score (nSPS) is 15.1. The van der Waals surface area contributed by atoms with Crippen LogP contribution in [-0.2, 0) is 4.79 Å². The van der Waals surface area contributed by atoms with E-state index in [1.54, 1.807) is 0 Å². The van der Waals surface area contributed by atoms with Crippen molar-refractivity contribution >= 4 is 6.29 Å². The first-order valence-corrected chi connectivity index (χ1v) is 4.09. The second kappa shape index (κ2) is 3.86. The largest absolute Gasteiger partial charge is 0.305 e. The van der Waals surface area contributed by atoms with E-state index < -0.39 is 0 Å². The highest BCUT2D eigenvalue weighted by Crippen LogP contribution is 2.17. The lowest BCUT2D eigenvalue weighted by Gasteiger charge is -2.28. The fraction of sp³-hybridized carbons (Fsp3) is 0.889. The van der Waals surface area contributed by atoms with Gasteiger partial charge in [0.05, 0.1) is 6.04 Å². The molecule has 0 aromatic rings. The highest BCUT2D eigenvalue weighted by molar-refractivity contribution is 5.59. The summed E-state index contributed by atoms with van der Waals surface area (Å²) in [6.07, 6.45) is 0.986. The summed E-state index contributed by atoms with van der Waals surface area (Å²) < 4.78 is 0. The Labute approximate surface area is 69.4 Å². The van der Waals surface area contributed by atoms with E-state index in [0.717, 1.165) is 6.29 Å². The topological polar surface area (TPSA) is 29.1 Å². The predicted octanol–water partition coefficient (Wildman–Crippen LogP) is 1.60. The van der Waals surface area contributed by atoms with Crippen LogP contribution < -0.4 is 5.32 Å². The van der Waals surface area contributed by atoms with Gasteiger partial charge in [0.2, 0.25) is 0 Å². The van der Waals surface area contributed by atoms with Crippen LogP contribution in [0.4, 0.5) is 0 Å². The third-order valence-corrected chi connectivity index (χ3v) is 1.58. The summed E-state index contributed by atoms with van der Waals surface area (Å²) in [5.74, 6) is 0. The minimum Gasteiger partial charge on any atom is -0.305 e. The standard InChI is InChI=1S/C9H19NO/c1-7(2)10-8(6-11)9(3,4)5/h6-8,10H,1-5H3. The predicted molar refractivity (Wildman–Crippen MR) is 47.6 cm³/mol. The zero-order valence-corrected chi connectivity index (χ0v) is 8.14. The van der Waals surface area contributed by atoms with Gasteiger partial charge in [0.15, 0.2) is 0 Å². The van der Waals surface area contributed by atoms with Gasteiger partial charge in [-0.2, -0.15) is 0 Å². The van der Waals surface area contributed by atoms with Gasteiger partial charge in [-0.05, 0) is 5.41 Å². The number of hydrogen-bond donors (Lipinski definition) is 1. The average molecular weight is 157 g/mol. The van der Waals surface area contributed by atoms with Crippen molar-refractivity contribution < 1.29 is 4.79 Å². The third kappa shape index (κ3) is 4.14. The van der Waals surface area contributed by atoms with Gasteiger partial charge in [-0.25, -0.2) is 0 Å². The van der Waals surface area contributed by atoms with Gasteiger partial charge in [0.25, 0.3) is 0 Å². The molecule has 1 unspecified atom stereocenters. The van der Waals surface area contributed by atoms with Gasteiger partial charge in [0, 0.05) is 6.04 Å². The maximum atomic E-state index is 10.6. The quantitative estimate of drug-likeness (QED) is 0.630. The van der Waals surface area contributed by atoms with Crippen molar-refractivity contribution in [1.82, 2.24) is 5.32 Å². The lowest BCUT2D eigenvalue weighted by atomic mass is 9.87. The summed E-state index contributed by atoms with van der Waals surface area (Å²) >= 11 is 0. The molecule has 0 aromatic heterocycles. The number of hydrogen-bond acceptors (Lipinski definition) is 2. The van der Waals surface area contributed by atoms with Crippen molar-refractivity contribution in [2.24, 2.45) is 5.41 Å². The fourth-order valence-electron chi connectivity index (χ4n) is 0.853. The summed E-state index contributed by atoms with van der Waals surface area (Å²) in [4.78, 5) is 10.6. The van der Waals surface area contributed by atoms with Crippen molar-refractivity contribution in [3.63, 3.8) is 0 Å². The summed E-state index contributed by atoms with van der Waals surface area (Å²) in [7, 11) is 0. The molecule has 11 heavy (non-hydrogen) atoms. The van der Waals surface area contributed by atoms with Gasteiger partial charge in [-0.1, -0.05) is 34.6 Å². The van der Waals surface area contributed by atoms with Crippen LogP contribution in [0.1, 0.15) is 34.6 Å². The molecule has 0 saturated heterocycles. The summed E-state index contributed by atoms with van der Waals surface area (Å²) in [5, 5.41) is 3.20. The van der Waals surface area contributed by atoms with Gasteiger partial charge >= 0.3 is 0 Å². The molecule has 0 bridgehead atoms. The van der Waals surface area contributed by atoms with E-state index in [9.17, 15) is 4.79 Å². The van der Waals surface area contributed by atoms with Crippen LogP contribution in [0.25, 0.3) is 0 Å². The number of aldehydes is 1. The Morgan fingerprint density at radius 1 is 1.27 bits per heavy atom. The zero-order valence-electron chi connectivity index (χ0n) is 8.14. The second-order valence-electron chi connectivity index (χ2n) is 4.30. The van der Waals surface area contributed by atoms with Gasteiger partial charge in [-0.15, -0.1) is 0 Å². The number of nitrogens with one attached hydrogen (secondary N) is 1. The molecule has 2 nitrogen and oxygen atoms in total. The van der Waals surface area contributed by atoms with E-state index in [1.165, 1.54) is 0 Å². The van der Waals surface area contributed by atoms with Gasteiger partial charge < -0.3 is 10.1 Å². The van der Waals surface area contributed by atoms with E-state index in [1.807, 2.05) is 13.8 Å². The second-order valence-corrected chi connectivity index (χ2v) is 4.30. The number of carbonyl (C=O) groups is 1. The molecule has 0 aliphatic rings. The molecular weight excluding hydrogens is 138 g/mol. The Morgan fingerprint density at radius 2 is 1.73 bits per heavy atom. The van der Waals surface area contributed by atoms with Gasteiger partial charge in [-0.3, -0.25) is 0 Å². The lowest BCUT2D eigenvalue weighted by molar-refractivity contribution is -0.111. The Morgan fingerprint density at radius 3 is 1.82 bits per heavy atom.